The van der Waals surface area contributed by atoms with Crippen molar-refractivity contribution in [2.45, 2.75) is 67.2 Å². The maximum atomic E-state index is 5.94. The van der Waals surface area contributed by atoms with E-state index in [0.29, 0.717) is 0 Å². The second-order valence-electron chi connectivity index (χ2n) is 7.59. The fraction of sp³-hybridized carbons (Fsp3) is 1.00. The molecular weight excluding hydrogens is 198 g/mol. The molecule has 16 heavy (non-hydrogen) atoms. The molecule has 2 heteroatoms. The Morgan fingerprint density at radius 2 is 1.44 bits per heavy atom. The molecule has 0 saturated carbocycles. The quantitative estimate of drug-likeness (QED) is 0.679. The zero-order valence-electron chi connectivity index (χ0n) is 12.3. The number of ether oxygens (including phenoxy) is 1. The van der Waals surface area contributed by atoms with Crippen LogP contribution in [-0.2, 0) is 4.74 Å². The normalized spacial score (nSPS) is 25.1. The molecule has 0 radical (unpaired) electrons. The van der Waals surface area contributed by atoms with Gasteiger partial charge in [0.1, 0.15) is 6.23 Å². The van der Waals surface area contributed by atoms with Gasteiger partial charge in [-0.3, -0.25) is 4.90 Å². The summed E-state index contributed by atoms with van der Waals surface area (Å²) >= 11 is 0. The molecule has 1 aliphatic heterocycles. The highest BCUT2D eigenvalue weighted by Gasteiger charge is 2.47. The molecule has 1 unspecified atom stereocenters. The Bertz CT molecular complexity index is 244. The lowest BCUT2D eigenvalue weighted by Crippen LogP contribution is -2.57. The van der Waals surface area contributed by atoms with Gasteiger partial charge in [-0.2, -0.15) is 0 Å². The van der Waals surface area contributed by atoms with Crippen LogP contribution in [0.2, 0.25) is 0 Å². The van der Waals surface area contributed by atoms with E-state index in [2.05, 4.69) is 60.3 Å². The smallest absolute Gasteiger partial charge is 0.116 e. The second-order valence-corrected chi connectivity index (χ2v) is 7.59. The topological polar surface area (TPSA) is 12.5 Å². The van der Waals surface area contributed by atoms with E-state index in [1.54, 1.807) is 0 Å². The molecule has 0 aromatic carbocycles. The lowest BCUT2D eigenvalue weighted by Gasteiger charge is -2.50. The first-order valence-electron chi connectivity index (χ1n) is 6.36. The fourth-order valence-electron chi connectivity index (χ4n) is 2.19. The summed E-state index contributed by atoms with van der Waals surface area (Å²) in [5.41, 5.74) is 0.588. The molecule has 1 saturated heterocycles. The lowest BCUT2D eigenvalue weighted by atomic mass is 9.74. The van der Waals surface area contributed by atoms with Crippen molar-refractivity contribution in [1.29, 1.82) is 0 Å². The third-order valence-corrected chi connectivity index (χ3v) is 4.19. The summed E-state index contributed by atoms with van der Waals surface area (Å²) in [6, 6.07) is 0. The molecule has 0 bridgehead atoms. The van der Waals surface area contributed by atoms with Gasteiger partial charge in [0, 0.05) is 17.5 Å². The van der Waals surface area contributed by atoms with Crippen molar-refractivity contribution in [3.63, 3.8) is 0 Å². The average Bonchev–Trinajstić information content (AvgIpc) is 2.47. The maximum Gasteiger partial charge on any atom is 0.116 e. The molecule has 0 spiro atoms. The van der Waals surface area contributed by atoms with E-state index in [1.165, 1.54) is 0 Å². The van der Waals surface area contributed by atoms with Crippen molar-refractivity contribution >= 4 is 0 Å². The SMILES string of the molecule is CC(C)(C)C1OCCN1C(C)(C)C(C)(C)C. The van der Waals surface area contributed by atoms with E-state index < -0.39 is 0 Å². The van der Waals surface area contributed by atoms with Gasteiger partial charge in [-0.1, -0.05) is 41.5 Å². The highest BCUT2D eigenvalue weighted by atomic mass is 16.5. The van der Waals surface area contributed by atoms with Gasteiger partial charge in [-0.05, 0) is 19.3 Å². The minimum Gasteiger partial charge on any atom is -0.361 e. The molecule has 1 fully saturated rings. The van der Waals surface area contributed by atoms with Gasteiger partial charge in [0.15, 0.2) is 0 Å². The fourth-order valence-corrected chi connectivity index (χ4v) is 2.19. The minimum atomic E-state index is 0.154. The van der Waals surface area contributed by atoms with E-state index in [0.717, 1.165) is 13.2 Å². The average molecular weight is 227 g/mol. The lowest BCUT2D eigenvalue weighted by molar-refractivity contribution is -0.107. The standard InChI is InChI=1S/C14H29NO/c1-12(2,3)11-15(9-10-16-11)14(7,8)13(4,5)6/h11H,9-10H2,1-8H3. The predicted molar refractivity (Wildman–Crippen MR) is 69.4 cm³/mol. The van der Waals surface area contributed by atoms with Crippen molar-refractivity contribution in [3.8, 4) is 0 Å². The maximum absolute atomic E-state index is 5.94. The second kappa shape index (κ2) is 3.99. The third-order valence-electron chi connectivity index (χ3n) is 4.19. The Morgan fingerprint density at radius 1 is 0.938 bits per heavy atom. The number of nitrogens with zero attached hydrogens (tertiary/aromatic N) is 1. The number of rotatable bonds is 1. The monoisotopic (exact) mass is 227 g/mol. The highest BCUT2D eigenvalue weighted by molar-refractivity contribution is 4.97. The van der Waals surface area contributed by atoms with Crippen LogP contribution in [0.25, 0.3) is 0 Å². The summed E-state index contributed by atoms with van der Waals surface area (Å²) in [7, 11) is 0. The van der Waals surface area contributed by atoms with Crippen molar-refractivity contribution in [3.05, 3.63) is 0 Å². The van der Waals surface area contributed by atoms with Crippen LogP contribution in [0, 0.1) is 10.8 Å². The van der Waals surface area contributed by atoms with E-state index in [1.807, 2.05) is 0 Å². The van der Waals surface area contributed by atoms with Crippen LogP contribution in [0.1, 0.15) is 55.4 Å². The summed E-state index contributed by atoms with van der Waals surface area (Å²) < 4.78 is 5.94. The zero-order chi connectivity index (χ0) is 12.8. The molecule has 2 nitrogen and oxygen atoms in total. The third kappa shape index (κ3) is 2.43. The molecule has 1 atom stereocenters. The summed E-state index contributed by atoms with van der Waals surface area (Å²) in [6.45, 7) is 20.3. The molecule has 0 aromatic rings. The van der Waals surface area contributed by atoms with Gasteiger partial charge in [0.2, 0.25) is 0 Å². The number of hydrogen-bond donors (Lipinski definition) is 0. The molecule has 1 rings (SSSR count). The van der Waals surface area contributed by atoms with Crippen LogP contribution >= 0.6 is 0 Å². The number of hydrogen-bond acceptors (Lipinski definition) is 2. The van der Waals surface area contributed by atoms with Gasteiger partial charge in [0.25, 0.3) is 0 Å². The van der Waals surface area contributed by atoms with E-state index in [-0.39, 0.29) is 22.6 Å². The largest absolute Gasteiger partial charge is 0.361 e. The van der Waals surface area contributed by atoms with E-state index in [9.17, 15) is 0 Å². The Kier molecular flexibility index (Phi) is 3.49. The summed E-state index contributed by atoms with van der Waals surface area (Å²) in [6.07, 6.45) is 0.238. The molecule has 0 N–H and O–H groups in total. The first-order valence-corrected chi connectivity index (χ1v) is 6.36. The van der Waals surface area contributed by atoms with Gasteiger partial charge in [-0.15, -0.1) is 0 Å². The molecule has 1 aliphatic rings. The van der Waals surface area contributed by atoms with Crippen molar-refractivity contribution < 1.29 is 4.74 Å². The van der Waals surface area contributed by atoms with Crippen LogP contribution in [0.3, 0.4) is 0 Å². The first-order chi connectivity index (χ1) is 6.98. The van der Waals surface area contributed by atoms with E-state index >= 15 is 0 Å². The summed E-state index contributed by atoms with van der Waals surface area (Å²) in [5, 5.41) is 0. The Hall–Kier alpha value is -0.0800. The Morgan fingerprint density at radius 3 is 1.81 bits per heavy atom. The minimum absolute atomic E-state index is 0.154. The predicted octanol–water partition coefficient (Wildman–Crippen LogP) is 3.52. The van der Waals surface area contributed by atoms with Crippen molar-refractivity contribution in [2.75, 3.05) is 13.2 Å². The zero-order valence-corrected chi connectivity index (χ0v) is 12.3. The van der Waals surface area contributed by atoms with Crippen molar-refractivity contribution in [1.82, 2.24) is 4.90 Å². The Balaban J connectivity index is 2.96. The van der Waals surface area contributed by atoms with Gasteiger partial charge in [0.05, 0.1) is 6.61 Å². The van der Waals surface area contributed by atoms with E-state index in [4.69, 9.17) is 4.74 Å². The molecular formula is C14H29NO. The van der Waals surface area contributed by atoms with Crippen LogP contribution < -0.4 is 0 Å². The molecule has 0 aromatic heterocycles. The molecule has 0 amide bonds. The van der Waals surface area contributed by atoms with Crippen LogP contribution in [0.4, 0.5) is 0 Å². The molecule has 96 valence electrons. The van der Waals surface area contributed by atoms with Gasteiger partial charge >= 0.3 is 0 Å². The van der Waals surface area contributed by atoms with Crippen molar-refractivity contribution in [2.24, 2.45) is 10.8 Å². The molecule has 1 heterocycles. The van der Waals surface area contributed by atoms with Crippen LogP contribution in [-0.4, -0.2) is 29.8 Å². The highest BCUT2D eigenvalue weighted by Crippen LogP contribution is 2.41. The Labute approximate surface area is 101 Å². The van der Waals surface area contributed by atoms with Gasteiger partial charge < -0.3 is 4.74 Å². The first kappa shape index (κ1) is 14.0. The van der Waals surface area contributed by atoms with Gasteiger partial charge in [-0.25, -0.2) is 0 Å². The van der Waals surface area contributed by atoms with Crippen LogP contribution in [0.5, 0.6) is 0 Å². The van der Waals surface area contributed by atoms with Crippen LogP contribution in [0.15, 0.2) is 0 Å². The summed E-state index contributed by atoms with van der Waals surface area (Å²) in [5.74, 6) is 0. The summed E-state index contributed by atoms with van der Waals surface area (Å²) in [4.78, 5) is 2.53. The molecule has 0 aliphatic carbocycles.